The third-order valence-corrected chi connectivity index (χ3v) is 12.1. The second kappa shape index (κ2) is 42.5. The van der Waals surface area contributed by atoms with Gasteiger partial charge in [-0.15, -0.1) is 0 Å². The number of unbranched alkanes of at least 4 members (excludes halogenated alkanes) is 25. The highest BCUT2D eigenvalue weighted by atomic mass is 16.6. The van der Waals surface area contributed by atoms with Gasteiger partial charge in [-0.2, -0.15) is 0 Å². The summed E-state index contributed by atoms with van der Waals surface area (Å²) in [5.41, 5.74) is 0. The summed E-state index contributed by atoms with van der Waals surface area (Å²) < 4.78 is 16.8. The molecule has 338 valence electrons. The lowest BCUT2D eigenvalue weighted by atomic mass is 9.99. The molecule has 57 heavy (non-hydrogen) atoms. The van der Waals surface area contributed by atoms with Gasteiger partial charge < -0.3 is 14.2 Å². The molecular formula is C51H98O6. The fourth-order valence-corrected chi connectivity index (χ4v) is 7.52. The fourth-order valence-electron chi connectivity index (χ4n) is 7.52. The Morgan fingerprint density at radius 1 is 0.351 bits per heavy atom. The van der Waals surface area contributed by atoms with Crippen LogP contribution in [0, 0.1) is 17.8 Å². The Kier molecular flexibility index (Phi) is 41.3. The van der Waals surface area contributed by atoms with Crippen LogP contribution in [0.3, 0.4) is 0 Å². The van der Waals surface area contributed by atoms with Crippen molar-refractivity contribution in [1.82, 2.24) is 0 Å². The minimum Gasteiger partial charge on any atom is -0.462 e. The van der Waals surface area contributed by atoms with Gasteiger partial charge in [0.2, 0.25) is 0 Å². The number of ether oxygens (including phenoxy) is 3. The van der Waals surface area contributed by atoms with E-state index in [1.54, 1.807) is 0 Å². The summed E-state index contributed by atoms with van der Waals surface area (Å²) in [4.78, 5) is 37.8. The lowest BCUT2D eigenvalue weighted by Gasteiger charge is -2.18. The highest BCUT2D eigenvalue weighted by molar-refractivity contribution is 5.71. The average Bonchev–Trinajstić information content (AvgIpc) is 3.19. The van der Waals surface area contributed by atoms with Crippen LogP contribution in [0.1, 0.15) is 273 Å². The first-order valence-electron chi connectivity index (χ1n) is 25.2. The van der Waals surface area contributed by atoms with E-state index in [0.717, 1.165) is 75.5 Å². The monoisotopic (exact) mass is 807 g/mol. The standard InChI is InChI=1S/C51H98O6/c1-7-46(5)38-32-26-19-15-13-11-9-10-12-14-16-21-28-34-40-49(52)55-43-48(44-56-50(53)41-35-29-24-23-25-31-37-45(3)4)57-51(54)42-36-30-22-18-17-20-27-33-39-47(6)8-2/h45-48H,7-44H2,1-6H3/t46?,47?,48-/m1/s1. The van der Waals surface area contributed by atoms with Crippen molar-refractivity contribution in [3.05, 3.63) is 0 Å². The van der Waals surface area contributed by atoms with E-state index >= 15 is 0 Å². The maximum atomic E-state index is 12.7. The molecule has 0 aromatic heterocycles. The third kappa shape index (κ3) is 42.3. The topological polar surface area (TPSA) is 78.9 Å². The Morgan fingerprint density at radius 2 is 0.614 bits per heavy atom. The molecule has 0 aliphatic rings. The molecule has 0 heterocycles. The molecule has 0 aliphatic carbocycles. The summed E-state index contributed by atoms with van der Waals surface area (Å²) in [6.07, 6.45) is 40.9. The maximum absolute atomic E-state index is 12.7. The molecule has 0 N–H and O–H groups in total. The normalized spacial score (nSPS) is 13.1. The second-order valence-corrected chi connectivity index (χ2v) is 18.4. The summed E-state index contributed by atoms with van der Waals surface area (Å²) >= 11 is 0. The molecule has 0 aromatic carbocycles. The first-order valence-corrected chi connectivity index (χ1v) is 25.2. The summed E-state index contributed by atoms with van der Waals surface area (Å²) in [5.74, 6) is 1.64. The smallest absolute Gasteiger partial charge is 0.306 e. The van der Waals surface area contributed by atoms with E-state index in [9.17, 15) is 14.4 Å². The summed E-state index contributed by atoms with van der Waals surface area (Å²) in [7, 11) is 0. The van der Waals surface area contributed by atoms with Crippen molar-refractivity contribution < 1.29 is 28.6 Å². The van der Waals surface area contributed by atoms with Crippen molar-refractivity contribution in [3.63, 3.8) is 0 Å². The van der Waals surface area contributed by atoms with E-state index in [4.69, 9.17) is 14.2 Å². The van der Waals surface area contributed by atoms with Gasteiger partial charge in [-0.25, -0.2) is 0 Å². The van der Waals surface area contributed by atoms with Crippen LogP contribution < -0.4 is 0 Å². The number of rotatable bonds is 44. The van der Waals surface area contributed by atoms with E-state index < -0.39 is 6.10 Å². The van der Waals surface area contributed by atoms with Gasteiger partial charge in [-0.05, 0) is 37.0 Å². The van der Waals surface area contributed by atoms with Gasteiger partial charge in [-0.3, -0.25) is 14.4 Å². The highest BCUT2D eigenvalue weighted by Gasteiger charge is 2.19. The summed E-state index contributed by atoms with van der Waals surface area (Å²) in [6.45, 7) is 13.7. The van der Waals surface area contributed by atoms with Crippen molar-refractivity contribution in [2.75, 3.05) is 13.2 Å². The van der Waals surface area contributed by atoms with Gasteiger partial charge in [0.1, 0.15) is 13.2 Å². The van der Waals surface area contributed by atoms with Gasteiger partial charge in [-0.1, -0.05) is 234 Å². The fraction of sp³-hybridized carbons (Fsp3) is 0.941. The zero-order valence-corrected chi connectivity index (χ0v) is 39.1. The molecule has 0 saturated carbocycles. The van der Waals surface area contributed by atoms with E-state index in [-0.39, 0.29) is 31.1 Å². The Bertz CT molecular complexity index is 887. The molecule has 0 fully saturated rings. The van der Waals surface area contributed by atoms with Gasteiger partial charge in [0.25, 0.3) is 0 Å². The molecule has 0 rings (SSSR count). The van der Waals surface area contributed by atoms with Crippen LogP contribution in [0.15, 0.2) is 0 Å². The van der Waals surface area contributed by atoms with Crippen LogP contribution in [0.2, 0.25) is 0 Å². The number of carbonyl (C=O) groups is 3. The molecule has 0 saturated heterocycles. The van der Waals surface area contributed by atoms with Crippen LogP contribution >= 0.6 is 0 Å². The zero-order chi connectivity index (χ0) is 42.0. The minimum atomic E-state index is -0.763. The first kappa shape index (κ1) is 55.4. The van der Waals surface area contributed by atoms with Gasteiger partial charge in [0.05, 0.1) is 0 Å². The highest BCUT2D eigenvalue weighted by Crippen LogP contribution is 2.18. The van der Waals surface area contributed by atoms with E-state index in [2.05, 4.69) is 41.5 Å². The molecule has 0 radical (unpaired) electrons. The molecule has 0 aliphatic heterocycles. The largest absolute Gasteiger partial charge is 0.462 e. The molecule has 0 aromatic rings. The number of carbonyl (C=O) groups excluding carboxylic acids is 3. The lowest BCUT2D eigenvalue weighted by molar-refractivity contribution is -0.167. The van der Waals surface area contributed by atoms with Gasteiger partial charge in [0, 0.05) is 19.3 Å². The van der Waals surface area contributed by atoms with E-state index in [0.29, 0.717) is 19.3 Å². The van der Waals surface area contributed by atoms with E-state index in [1.165, 1.54) is 154 Å². The average molecular weight is 807 g/mol. The van der Waals surface area contributed by atoms with Crippen molar-refractivity contribution in [1.29, 1.82) is 0 Å². The molecular weight excluding hydrogens is 709 g/mol. The minimum absolute atomic E-state index is 0.0660. The Labute approximate surface area is 355 Å². The maximum Gasteiger partial charge on any atom is 0.306 e. The number of hydrogen-bond acceptors (Lipinski definition) is 6. The molecule has 6 nitrogen and oxygen atoms in total. The summed E-state index contributed by atoms with van der Waals surface area (Å²) in [5, 5.41) is 0. The SMILES string of the molecule is CCC(C)CCCCCCCCCCCCCCCCC(=O)OC[C@H](COC(=O)CCCCCCCCC(C)C)OC(=O)CCCCCCCCCCC(C)CC. The van der Waals surface area contributed by atoms with Crippen molar-refractivity contribution in [2.45, 2.75) is 279 Å². The van der Waals surface area contributed by atoms with Crippen molar-refractivity contribution in [3.8, 4) is 0 Å². The lowest BCUT2D eigenvalue weighted by Crippen LogP contribution is -2.30. The number of esters is 3. The zero-order valence-electron chi connectivity index (χ0n) is 39.1. The predicted octanol–water partition coefficient (Wildman–Crippen LogP) is 16.0. The first-order chi connectivity index (χ1) is 27.7. The number of hydrogen-bond donors (Lipinski definition) is 0. The van der Waals surface area contributed by atoms with Crippen LogP contribution in [-0.2, 0) is 28.6 Å². The molecule has 3 atom stereocenters. The van der Waals surface area contributed by atoms with Crippen LogP contribution in [-0.4, -0.2) is 37.2 Å². The summed E-state index contributed by atoms with van der Waals surface area (Å²) in [6, 6.07) is 0. The second-order valence-electron chi connectivity index (χ2n) is 18.4. The van der Waals surface area contributed by atoms with Crippen LogP contribution in [0.4, 0.5) is 0 Å². The Morgan fingerprint density at radius 3 is 0.912 bits per heavy atom. The third-order valence-electron chi connectivity index (χ3n) is 12.1. The van der Waals surface area contributed by atoms with Crippen LogP contribution in [0.5, 0.6) is 0 Å². The molecule has 0 amide bonds. The molecule has 6 heteroatoms. The van der Waals surface area contributed by atoms with Crippen molar-refractivity contribution >= 4 is 17.9 Å². The van der Waals surface area contributed by atoms with Gasteiger partial charge >= 0.3 is 17.9 Å². The molecule has 0 spiro atoms. The van der Waals surface area contributed by atoms with E-state index in [1.807, 2.05) is 0 Å². The molecule has 2 unspecified atom stereocenters. The predicted molar refractivity (Wildman–Crippen MR) is 243 cm³/mol. The Balaban J connectivity index is 4.26. The van der Waals surface area contributed by atoms with Crippen LogP contribution in [0.25, 0.3) is 0 Å². The molecule has 0 bridgehead atoms. The van der Waals surface area contributed by atoms with Crippen molar-refractivity contribution in [2.24, 2.45) is 17.8 Å². The quantitative estimate of drug-likeness (QED) is 0.0347. The Hall–Kier alpha value is -1.59. The van der Waals surface area contributed by atoms with Gasteiger partial charge in [0.15, 0.2) is 6.10 Å².